The second kappa shape index (κ2) is 6.16. The van der Waals surface area contributed by atoms with Gasteiger partial charge in [0.15, 0.2) is 0 Å². The zero-order chi connectivity index (χ0) is 17.8. The molecule has 0 bridgehead atoms. The molecule has 0 atom stereocenters. The number of nitrogens with zero attached hydrogens (tertiary/aromatic N) is 1. The average Bonchev–Trinajstić information content (AvgIpc) is 3.01. The van der Waals surface area contributed by atoms with Crippen LogP contribution in [0.15, 0.2) is 51.7 Å². The molecule has 5 rings (SSSR count). The molecule has 128 valence electrons. The molecule has 0 unspecified atom stereocenters. The second-order valence-electron chi connectivity index (χ2n) is 5.83. The molecule has 2 aromatic carbocycles. The Morgan fingerprint density at radius 3 is 2.69 bits per heavy atom. The zero-order valence-electron chi connectivity index (χ0n) is 13.1. The van der Waals surface area contributed by atoms with Gasteiger partial charge in [0.1, 0.15) is 17.4 Å². The number of halogens is 2. The summed E-state index contributed by atoms with van der Waals surface area (Å²) >= 11 is 12.4. The molecule has 26 heavy (non-hydrogen) atoms. The summed E-state index contributed by atoms with van der Waals surface area (Å²) in [6.07, 6.45) is 0. The highest BCUT2D eigenvalue weighted by atomic mass is 79.9. The third-order valence-electron chi connectivity index (χ3n) is 4.27. The highest BCUT2D eigenvalue weighted by molar-refractivity contribution is 9.10. The van der Waals surface area contributed by atoms with Gasteiger partial charge in [0.25, 0.3) is 0 Å². The lowest BCUT2D eigenvalue weighted by atomic mass is 9.95. The average molecular weight is 463 g/mol. The van der Waals surface area contributed by atoms with Crippen molar-refractivity contribution in [1.82, 2.24) is 4.98 Å². The lowest BCUT2D eigenvalue weighted by Gasteiger charge is -2.25. The van der Waals surface area contributed by atoms with Crippen molar-refractivity contribution < 1.29 is 4.74 Å². The van der Waals surface area contributed by atoms with Crippen LogP contribution in [0.2, 0.25) is 5.02 Å². The third kappa shape index (κ3) is 2.60. The van der Waals surface area contributed by atoms with Crippen molar-refractivity contribution in [2.75, 3.05) is 0 Å². The fraction of sp³-hybridized carbons (Fsp3) is 0.0526. The first-order valence-electron chi connectivity index (χ1n) is 7.75. The van der Waals surface area contributed by atoms with Crippen molar-refractivity contribution in [3.8, 4) is 37.2 Å². The van der Waals surface area contributed by atoms with E-state index in [0.29, 0.717) is 11.6 Å². The summed E-state index contributed by atoms with van der Waals surface area (Å²) in [7, 11) is 0. The SMILES string of the molecule is O=c1nc2sc(-c3ccc(Br)cc3)c3c(c-2s1)-c1cc(Cl)ccc1OC3. The van der Waals surface area contributed by atoms with Gasteiger partial charge in [-0.25, -0.2) is 0 Å². The largest absolute Gasteiger partial charge is 0.488 e. The molecular weight excluding hydrogens is 454 g/mol. The van der Waals surface area contributed by atoms with Crippen LogP contribution in [0.5, 0.6) is 5.75 Å². The van der Waals surface area contributed by atoms with Crippen molar-refractivity contribution in [3.63, 3.8) is 0 Å². The monoisotopic (exact) mass is 461 g/mol. The van der Waals surface area contributed by atoms with Gasteiger partial charge in [0.05, 0.1) is 4.88 Å². The van der Waals surface area contributed by atoms with E-state index in [-0.39, 0.29) is 4.87 Å². The van der Waals surface area contributed by atoms with Gasteiger partial charge in [-0.2, -0.15) is 4.98 Å². The molecule has 0 saturated carbocycles. The Morgan fingerprint density at radius 1 is 1.08 bits per heavy atom. The Morgan fingerprint density at radius 2 is 1.88 bits per heavy atom. The van der Waals surface area contributed by atoms with E-state index < -0.39 is 0 Å². The number of rotatable bonds is 1. The van der Waals surface area contributed by atoms with E-state index in [9.17, 15) is 4.79 Å². The highest BCUT2D eigenvalue weighted by Gasteiger charge is 2.29. The van der Waals surface area contributed by atoms with Gasteiger partial charge < -0.3 is 4.74 Å². The summed E-state index contributed by atoms with van der Waals surface area (Å²) in [5.74, 6) is 0.780. The van der Waals surface area contributed by atoms with E-state index >= 15 is 0 Å². The number of ether oxygens (including phenoxy) is 1. The number of hydrogen-bond acceptors (Lipinski definition) is 5. The minimum Gasteiger partial charge on any atom is -0.488 e. The van der Waals surface area contributed by atoms with Crippen LogP contribution in [-0.2, 0) is 6.61 Å². The summed E-state index contributed by atoms with van der Waals surface area (Å²) in [6, 6.07) is 13.7. The minimum atomic E-state index is -0.179. The minimum absolute atomic E-state index is 0.179. The van der Waals surface area contributed by atoms with Crippen molar-refractivity contribution in [3.05, 3.63) is 67.2 Å². The predicted octanol–water partition coefficient (Wildman–Crippen LogP) is 6.31. The lowest BCUT2D eigenvalue weighted by molar-refractivity contribution is 0.303. The van der Waals surface area contributed by atoms with E-state index in [1.165, 1.54) is 22.7 Å². The molecule has 2 aromatic rings. The molecule has 3 aliphatic rings. The first-order valence-corrected chi connectivity index (χ1v) is 10.6. The quantitative estimate of drug-likeness (QED) is 0.333. The molecule has 0 aromatic heterocycles. The molecule has 3 nitrogen and oxygen atoms in total. The van der Waals surface area contributed by atoms with Crippen LogP contribution in [-0.4, -0.2) is 4.98 Å². The number of fused-ring (bicyclic) bond motifs is 5. The summed E-state index contributed by atoms with van der Waals surface area (Å²) in [5.41, 5.74) is 4.08. The van der Waals surface area contributed by atoms with Gasteiger partial charge in [-0.1, -0.05) is 51.0 Å². The Balaban J connectivity index is 1.89. The topological polar surface area (TPSA) is 39.2 Å². The van der Waals surface area contributed by atoms with E-state index in [1.54, 1.807) is 0 Å². The molecule has 0 spiro atoms. The van der Waals surface area contributed by atoms with Crippen molar-refractivity contribution in [2.24, 2.45) is 0 Å². The standard InChI is InChI=1S/C19H9BrClNO2S2/c20-10-3-1-9(2-4-10)16-13-8-24-14-6-5-11(21)7-12(14)15(13)17-18(25-16)22-19(23)26-17/h1-7H,8H2. The van der Waals surface area contributed by atoms with Crippen LogP contribution in [0.1, 0.15) is 5.56 Å². The van der Waals surface area contributed by atoms with Gasteiger partial charge >= 0.3 is 4.87 Å². The lowest BCUT2D eigenvalue weighted by Crippen LogP contribution is -2.08. The normalized spacial score (nSPS) is 12.5. The maximum atomic E-state index is 12.0. The molecule has 0 saturated heterocycles. The Hall–Kier alpha value is -1.73. The Kier molecular flexibility index (Phi) is 3.90. The molecular formula is C19H9BrClNO2S2. The van der Waals surface area contributed by atoms with Gasteiger partial charge in [-0.05, 0) is 35.9 Å². The van der Waals surface area contributed by atoms with Crippen molar-refractivity contribution >= 4 is 50.2 Å². The van der Waals surface area contributed by atoms with Gasteiger partial charge in [-0.15, -0.1) is 11.3 Å². The van der Waals surface area contributed by atoms with Crippen LogP contribution in [0, 0.1) is 0 Å². The molecule has 3 heterocycles. The van der Waals surface area contributed by atoms with Gasteiger partial charge in [0, 0.05) is 31.1 Å². The third-order valence-corrected chi connectivity index (χ3v) is 7.20. The molecule has 0 N–H and O–H groups in total. The summed E-state index contributed by atoms with van der Waals surface area (Å²) < 4.78 is 7.01. The van der Waals surface area contributed by atoms with Crippen LogP contribution in [0.3, 0.4) is 0 Å². The van der Waals surface area contributed by atoms with Crippen molar-refractivity contribution in [2.45, 2.75) is 6.61 Å². The molecule has 7 heteroatoms. The van der Waals surface area contributed by atoms with Crippen LogP contribution in [0.4, 0.5) is 0 Å². The Bertz CT molecular complexity index is 1180. The second-order valence-corrected chi connectivity index (χ2v) is 9.15. The fourth-order valence-corrected chi connectivity index (χ4v) is 5.73. The van der Waals surface area contributed by atoms with E-state index in [2.05, 4.69) is 33.0 Å². The fourth-order valence-electron chi connectivity index (χ4n) is 3.15. The predicted molar refractivity (Wildman–Crippen MR) is 111 cm³/mol. The summed E-state index contributed by atoms with van der Waals surface area (Å²) in [6.45, 7) is 0.452. The maximum Gasteiger partial charge on any atom is 0.328 e. The van der Waals surface area contributed by atoms with Crippen molar-refractivity contribution in [1.29, 1.82) is 0 Å². The number of thiazole rings is 1. The molecule has 3 aliphatic heterocycles. The number of aromatic nitrogens is 1. The first kappa shape index (κ1) is 16.4. The van der Waals surface area contributed by atoms with E-state index in [0.717, 1.165) is 47.2 Å². The Labute approximate surface area is 170 Å². The van der Waals surface area contributed by atoms with E-state index in [4.69, 9.17) is 16.3 Å². The van der Waals surface area contributed by atoms with Crippen LogP contribution < -0.4 is 9.61 Å². The highest BCUT2D eigenvalue weighted by Crippen LogP contribution is 2.51. The zero-order valence-corrected chi connectivity index (χ0v) is 17.1. The van der Waals surface area contributed by atoms with E-state index in [1.807, 2.05) is 30.3 Å². The molecule has 0 fully saturated rings. The van der Waals surface area contributed by atoms with Gasteiger partial charge in [0.2, 0.25) is 0 Å². The number of benzene rings is 2. The smallest absolute Gasteiger partial charge is 0.328 e. The maximum absolute atomic E-state index is 12.0. The number of hydrogen-bond donors (Lipinski definition) is 0. The van der Waals surface area contributed by atoms with Crippen LogP contribution >= 0.6 is 50.2 Å². The first-order chi connectivity index (χ1) is 12.6. The summed E-state index contributed by atoms with van der Waals surface area (Å²) in [4.78, 5) is 18.0. The summed E-state index contributed by atoms with van der Waals surface area (Å²) in [5, 5.41) is 1.39. The van der Waals surface area contributed by atoms with Crippen LogP contribution in [0.25, 0.3) is 31.5 Å². The molecule has 0 radical (unpaired) electrons. The molecule has 0 amide bonds. The van der Waals surface area contributed by atoms with Gasteiger partial charge in [-0.3, -0.25) is 4.79 Å². The molecule has 0 aliphatic carbocycles.